The molecule has 0 amide bonds. The predicted molar refractivity (Wildman–Crippen MR) is 54.6 cm³/mol. The van der Waals surface area contributed by atoms with Crippen molar-refractivity contribution in [2.24, 2.45) is 0 Å². The van der Waals surface area contributed by atoms with Crippen LogP contribution in [0, 0.1) is 0 Å². The van der Waals surface area contributed by atoms with Crippen LogP contribution >= 0.6 is 0 Å². The lowest BCUT2D eigenvalue weighted by molar-refractivity contribution is -0.146. The number of carboxylic acids is 1. The van der Waals surface area contributed by atoms with E-state index in [4.69, 9.17) is 10.2 Å². The van der Waals surface area contributed by atoms with Gasteiger partial charge in [-0.2, -0.15) is 0 Å². The van der Waals surface area contributed by atoms with Gasteiger partial charge in [0.1, 0.15) is 0 Å². The highest BCUT2D eigenvalue weighted by molar-refractivity contribution is 5.72. The van der Waals surface area contributed by atoms with E-state index >= 15 is 0 Å². The second-order valence-corrected chi connectivity index (χ2v) is 2.54. The van der Waals surface area contributed by atoms with Gasteiger partial charge in [0.2, 0.25) is 0 Å². The number of hydrogen-bond acceptors (Lipinski definition) is 2. The average Bonchev–Trinajstić information content (AvgIpc) is 2.06. The smallest absolute Gasteiger partial charge is 0.332 e. The van der Waals surface area contributed by atoms with Gasteiger partial charge in [0.05, 0.1) is 0 Å². The highest BCUT2D eigenvalue weighted by Gasteiger charge is 2.12. The number of carbonyl (C=O) groups is 1. The van der Waals surface area contributed by atoms with Gasteiger partial charge in [0.15, 0.2) is 6.10 Å². The number of benzene rings is 1. The molecule has 0 saturated heterocycles. The third-order valence-electron chi connectivity index (χ3n) is 1.56. The minimum absolute atomic E-state index is 0. The van der Waals surface area contributed by atoms with E-state index in [1.54, 1.807) is 12.1 Å². The number of aliphatic hydroxyl groups is 1. The summed E-state index contributed by atoms with van der Waals surface area (Å²) in [6, 6.07) is 9.03. The molecule has 1 aromatic rings. The van der Waals surface area contributed by atoms with Crippen LogP contribution in [0.4, 0.5) is 0 Å². The van der Waals surface area contributed by atoms with Crippen LogP contribution in [-0.4, -0.2) is 38.7 Å². The van der Waals surface area contributed by atoms with Gasteiger partial charge in [-0.1, -0.05) is 30.3 Å². The molecule has 1 aromatic carbocycles. The zero-order chi connectivity index (χ0) is 8.97. The van der Waals surface area contributed by atoms with E-state index in [0.29, 0.717) is 0 Å². The molecule has 0 fully saturated rings. The van der Waals surface area contributed by atoms with Crippen molar-refractivity contribution < 1.29 is 31.4 Å². The highest BCUT2D eigenvalue weighted by atomic mass is 16.4. The van der Waals surface area contributed by atoms with Crippen LogP contribution in [0.1, 0.15) is 5.56 Å². The van der Waals surface area contributed by atoms with Crippen LogP contribution in [0.3, 0.4) is 0 Å². The molecule has 0 heterocycles. The van der Waals surface area contributed by atoms with Crippen LogP contribution in [0.15, 0.2) is 30.3 Å². The first-order valence-corrected chi connectivity index (χ1v) is 3.65. The van der Waals surface area contributed by atoms with E-state index in [0.717, 1.165) is 5.56 Å². The van der Waals surface area contributed by atoms with E-state index < -0.39 is 12.1 Å². The van der Waals surface area contributed by atoms with Gasteiger partial charge in [-0.25, -0.2) is 4.79 Å². The highest BCUT2D eigenvalue weighted by Crippen LogP contribution is 2.02. The molecule has 6 nitrogen and oxygen atoms in total. The van der Waals surface area contributed by atoms with E-state index in [1.165, 1.54) is 0 Å². The first kappa shape index (κ1) is 19.2. The minimum Gasteiger partial charge on any atom is -0.479 e. The van der Waals surface area contributed by atoms with E-state index in [2.05, 4.69) is 0 Å². The maximum atomic E-state index is 10.3. The molecule has 88 valence electrons. The van der Waals surface area contributed by atoms with Crippen molar-refractivity contribution in [1.82, 2.24) is 0 Å². The number of aliphatic hydroxyl groups excluding tert-OH is 1. The summed E-state index contributed by atoms with van der Waals surface area (Å²) in [5.74, 6) is -1.18. The summed E-state index contributed by atoms with van der Waals surface area (Å²) < 4.78 is 0. The predicted octanol–water partition coefficient (Wildman–Crippen LogP) is -1.80. The van der Waals surface area contributed by atoms with E-state index in [9.17, 15) is 4.79 Å². The fourth-order valence-corrected chi connectivity index (χ4v) is 0.925. The molecule has 8 N–H and O–H groups in total. The van der Waals surface area contributed by atoms with Gasteiger partial charge < -0.3 is 26.6 Å². The number of carboxylic acid groups (broad SMARTS) is 1. The normalized spacial score (nSPS) is 9.93. The summed E-state index contributed by atoms with van der Waals surface area (Å²) in [6.07, 6.45) is -1.14. The number of hydrogen-bond donors (Lipinski definition) is 2. The standard InChI is InChI=1S/C9H10O3.3H2O/c10-8(9(11)12)6-7-4-2-1-3-5-7;;;/h1-5,8,10H,6H2,(H,11,12);3*1H2. The molecule has 1 rings (SSSR count). The van der Waals surface area contributed by atoms with Crippen molar-refractivity contribution in [3.63, 3.8) is 0 Å². The molecular weight excluding hydrogens is 204 g/mol. The molecule has 0 spiro atoms. The summed E-state index contributed by atoms with van der Waals surface area (Å²) in [6.45, 7) is 0. The zero-order valence-corrected chi connectivity index (χ0v) is 7.97. The van der Waals surface area contributed by atoms with Gasteiger partial charge >= 0.3 is 5.97 Å². The van der Waals surface area contributed by atoms with Crippen molar-refractivity contribution in [2.45, 2.75) is 12.5 Å². The fourth-order valence-electron chi connectivity index (χ4n) is 0.925. The quantitative estimate of drug-likeness (QED) is 0.617. The summed E-state index contributed by atoms with van der Waals surface area (Å²) in [4.78, 5) is 10.3. The zero-order valence-electron chi connectivity index (χ0n) is 7.97. The largest absolute Gasteiger partial charge is 0.479 e. The van der Waals surface area contributed by atoms with Crippen molar-refractivity contribution >= 4 is 5.97 Å². The summed E-state index contributed by atoms with van der Waals surface area (Å²) >= 11 is 0. The Labute approximate surface area is 86.7 Å². The van der Waals surface area contributed by atoms with Crippen LogP contribution in [0.2, 0.25) is 0 Å². The third-order valence-corrected chi connectivity index (χ3v) is 1.56. The molecule has 0 aliphatic rings. The van der Waals surface area contributed by atoms with Gasteiger partial charge in [-0.05, 0) is 5.56 Å². The van der Waals surface area contributed by atoms with E-state index in [-0.39, 0.29) is 22.8 Å². The Morgan fingerprint density at radius 3 is 2.00 bits per heavy atom. The maximum absolute atomic E-state index is 10.3. The molecule has 0 aliphatic carbocycles. The van der Waals surface area contributed by atoms with Gasteiger partial charge in [-0.15, -0.1) is 0 Å². The van der Waals surface area contributed by atoms with Gasteiger partial charge in [-0.3, -0.25) is 0 Å². The van der Waals surface area contributed by atoms with E-state index in [1.807, 2.05) is 18.2 Å². The molecule has 1 unspecified atom stereocenters. The monoisotopic (exact) mass is 220 g/mol. The first-order chi connectivity index (χ1) is 5.70. The van der Waals surface area contributed by atoms with Crippen molar-refractivity contribution in [3.8, 4) is 0 Å². The molecule has 0 aliphatic heterocycles. The fraction of sp³-hybridized carbons (Fsp3) is 0.222. The molecular formula is C9H16O6. The Balaban J connectivity index is -0.000000480. The molecule has 0 bridgehead atoms. The molecule has 0 aromatic heterocycles. The molecule has 15 heavy (non-hydrogen) atoms. The van der Waals surface area contributed by atoms with Crippen molar-refractivity contribution in [2.75, 3.05) is 0 Å². The second kappa shape index (κ2) is 9.10. The number of aliphatic carboxylic acids is 1. The Morgan fingerprint density at radius 1 is 1.13 bits per heavy atom. The lowest BCUT2D eigenvalue weighted by Crippen LogP contribution is -2.21. The SMILES string of the molecule is O.O.O.O=C(O)C(O)Cc1ccccc1. The minimum atomic E-state index is -1.30. The van der Waals surface area contributed by atoms with Crippen LogP contribution in [0.5, 0.6) is 0 Å². The topological polar surface area (TPSA) is 152 Å². The third kappa shape index (κ3) is 6.58. The van der Waals surface area contributed by atoms with Gasteiger partial charge in [0.25, 0.3) is 0 Å². The Hall–Kier alpha value is -1.47. The average molecular weight is 220 g/mol. The Bertz CT molecular complexity index is 261. The van der Waals surface area contributed by atoms with Crippen LogP contribution in [0.25, 0.3) is 0 Å². The maximum Gasteiger partial charge on any atom is 0.332 e. The Kier molecular flexibility index (Phi) is 11.6. The molecule has 0 radical (unpaired) electrons. The molecule has 1 atom stereocenters. The molecule has 6 heteroatoms. The summed E-state index contributed by atoms with van der Waals surface area (Å²) in [5, 5.41) is 17.4. The lowest BCUT2D eigenvalue weighted by atomic mass is 10.1. The van der Waals surface area contributed by atoms with Crippen molar-refractivity contribution in [1.29, 1.82) is 0 Å². The van der Waals surface area contributed by atoms with Crippen molar-refractivity contribution in [3.05, 3.63) is 35.9 Å². The second-order valence-electron chi connectivity index (χ2n) is 2.54. The molecule has 0 saturated carbocycles. The lowest BCUT2D eigenvalue weighted by Gasteiger charge is -2.03. The summed E-state index contributed by atoms with van der Waals surface area (Å²) in [7, 11) is 0. The first-order valence-electron chi connectivity index (χ1n) is 3.65. The Morgan fingerprint density at radius 2 is 1.60 bits per heavy atom. The van der Waals surface area contributed by atoms with Crippen LogP contribution < -0.4 is 0 Å². The summed E-state index contributed by atoms with van der Waals surface area (Å²) in [5.41, 5.74) is 0.826. The number of rotatable bonds is 3. The van der Waals surface area contributed by atoms with Crippen LogP contribution in [-0.2, 0) is 11.2 Å². The van der Waals surface area contributed by atoms with Gasteiger partial charge in [0, 0.05) is 6.42 Å².